The second-order valence-corrected chi connectivity index (χ2v) is 8.03. The molecule has 0 radical (unpaired) electrons. The van der Waals surface area contributed by atoms with Crippen molar-refractivity contribution in [3.05, 3.63) is 38.2 Å². The van der Waals surface area contributed by atoms with Crippen LogP contribution in [0.1, 0.15) is 28.9 Å². The quantitative estimate of drug-likeness (QED) is 0.545. The standard InChI is InChI=1S/C18H18ClN3O6S/c19-16-12-5-4-11(22(27)28)10-13(12)29-17(16)18(26)21-8-6-20(7-9-21)14(23)2-1-3-15(24)25/h4-5,10H,1-3,6-9H2,(H,24,25). The highest BCUT2D eigenvalue weighted by molar-refractivity contribution is 7.21. The van der Waals surface area contributed by atoms with E-state index >= 15 is 0 Å². The number of nitro benzene ring substituents is 1. The summed E-state index contributed by atoms with van der Waals surface area (Å²) in [7, 11) is 0. The molecule has 0 aliphatic carbocycles. The lowest BCUT2D eigenvalue weighted by atomic mass is 10.2. The van der Waals surface area contributed by atoms with Crippen molar-refractivity contribution in [2.75, 3.05) is 26.2 Å². The van der Waals surface area contributed by atoms with Crippen LogP contribution in [0.2, 0.25) is 5.02 Å². The van der Waals surface area contributed by atoms with Gasteiger partial charge >= 0.3 is 5.97 Å². The van der Waals surface area contributed by atoms with E-state index in [4.69, 9.17) is 16.7 Å². The van der Waals surface area contributed by atoms with Gasteiger partial charge in [-0.25, -0.2) is 0 Å². The third kappa shape index (κ3) is 4.65. The maximum absolute atomic E-state index is 12.9. The van der Waals surface area contributed by atoms with Crippen LogP contribution in [0.5, 0.6) is 0 Å². The highest BCUT2D eigenvalue weighted by Gasteiger charge is 2.28. The molecule has 11 heteroatoms. The molecule has 29 heavy (non-hydrogen) atoms. The number of rotatable bonds is 6. The number of thiophene rings is 1. The Labute approximate surface area is 174 Å². The Morgan fingerprint density at radius 2 is 1.79 bits per heavy atom. The lowest BCUT2D eigenvalue weighted by Gasteiger charge is -2.34. The largest absolute Gasteiger partial charge is 0.481 e. The van der Waals surface area contributed by atoms with Gasteiger partial charge in [-0.1, -0.05) is 11.6 Å². The minimum atomic E-state index is -0.932. The molecule has 1 aliphatic rings. The van der Waals surface area contributed by atoms with Crippen LogP contribution in [0, 0.1) is 10.1 Å². The van der Waals surface area contributed by atoms with Crippen molar-refractivity contribution in [1.82, 2.24) is 9.80 Å². The Balaban J connectivity index is 1.65. The average molecular weight is 440 g/mol. The van der Waals surface area contributed by atoms with Crippen LogP contribution >= 0.6 is 22.9 Å². The lowest BCUT2D eigenvalue weighted by molar-refractivity contribution is -0.384. The number of piperazine rings is 1. The van der Waals surface area contributed by atoms with E-state index < -0.39 is 10.9 Å². The lowest BCUT2D eigenvalue weighted by Crippen LogP contribution is -2.50. The summed E-state index contributed by atoms with van der Waals surface area (Å²) < 4.78 is 0.569. The van der Waals surface area contributed by atoms with Crippen LogP contribution in [-0.4, -0.2) is 63.8 Å². The van der Waals surface area contributed by atoms with E-state index in [1.807, 2.05) is 0 Å². The number of fused-ring (bicyclic) bond motifs is 1. The summed E-state index contributed by atoms with van der Waals surface area (Å²) in [6.07, 6.45) is 0.408. The molecule has 0 atom stereocenters. The highest BCUT2D eigenvalue weighted by Crippen LogP contribution is 2.38. The third-order valence-corrected chi connectivity index (χ3v) is 6.36. The molecule has 0 spiro atoms. The summed E-state index contributed by atoms with van der Waals surface area (Å²) in [5.41, 5.74) is -0.0653. The number of non-ortho nitro benzene ring substituents is 1. The van der Waals surface area contributed by atoms with Crippen molar-refractivity contribution in [2.24, 2.45) is 0 Å². The molecule has 2 heterocycles. The van der Waals surface area contributed by atoms with E-state index in [0.717, 1.165) is 11.3 Å². The first-order valence-electron chi connectivity index (χ1n) is 8.93. The summed E-state index contributed by atoms with van der Waals surface area (Å²) in [6.45, 7) is 1.42. The summed E-state index contributed by atoms with van der Waals surface area (Å²) >= 11 is 7.46. The van der Waals surface area contributed by atoms with Gasteiger partial charge in [-0.3, -0.25) is 24.5 Å². The Hall–Kier alpha value is -2.72. The number of nitro groups is 1. The van der Waals surface area contributed by atoms with Crippen LogP contribution in [0.4, 0.5) is 5.69 Å². The van der Waals surface area contributed by atoms with Gasteiger partial charge in [-0.2, -0.15) is 0 Å². The predicted octanol–water partition coefficient (Wildman–Crippen LogP) is 3.00. The van der Waals surface area contributed by atoms with Gasteiger partial charge in [0.2, 0.25) is 5.91 Å². The summed E-state index contributed by atoms with van der Waals surface area (Å²) in [5.74, 6) is -1.32. The van der Waals surface area contributed by atoms with Gasteiger partial charge in [0.15, 0.2) is 0 Å². The molecule has 9 nitrogen and oxygen atoms in total. The van der Waals surface area contributed by atoms with Gasteiger partial charge in [0.25, 0.3) is 11.6 Å². The van der Waals surface area contributed by atoms with Crippen LogP contribution in [0.3, 0.4) is 0 Å². The Morgan fingerprint density at radius 1 is 1.14 bits per heavy atom. The number of benzene rings is 1. The molecule has 0 saturated carbocycles. The van der Waals surface area contributed by atoms with Gasteiger partial charge in [0.1, 0.15) is 4.88 Å². The normalized spacial score (nSPS) is 14.2. The van der Waals surface area contributed by atoms with Gasteiger partial charge in [0.05, 0.1) is 9.95 Å². The van der Waals surface area contributed by atoms with E-state index in [0.29, 0.717) is 41.1 Å². The van der Waals surface area contributed by atoms with E-state index in [-0.39, 0.29) is 41.8 Å². The molecule has 2 amide bonds. The zero-order chi connectivity index (χ0) is 21.1. The maximum Gasteiger partial charge on any atom is 0.303 e. The van der Waals surface area contributed by atoms with E-state index in [1.54, 1.807) is 9.80 Å². The molecule has 2 aromatic rings. The van der Waals surface area contributed by atoms with Crippen molar-refractivity contribution in [3.8, 4) is 0 Å². The zero-order valence-electron chi connectivity index (χ0n) is 15.3. The molecule has 1 fully saturated rings. The zero-order valence-corrected chi connectivity index (χ0v) is 16.9. The van der Waals surface area contributed by atoms with E-state index in [9.17, 15) is 24.5 Å². The topological polar surface area (TPSA) is 121 Å². The van der Waals surface area contributed by atoms with Crippen LogP contribution in [-0.2, 0) is 9.59 Å². The van der Waals surface area contributed by atoms with Gasteiger partial charge in [-0.05, 0) is 12.5 Å². The second-order valence-electron chi connectivity index (χ2n) is 6.60. The van der Waals surface area contributed by atoms with Crippen LogP contribution in [0.15, 0.2) is 18.2 Å². The van der Waals surface area contributed by atoms with E-state index in [1.165, 1.54) is 18.2 Å². The molecular formula is C18H18ClN3O6S. The molecule has 1 aliphatic heterocycles. The average Bonchev–Trinajstić information content (AvgIpc) is 3.03. The molecule has 1 aromatic heterocycles. The SMILES string of the molecule is O=C(O)CCCC(=O)N1CCN(C(=O)c2sc3cc([N+](=O)[O-])ccc3c2Cl)CC1. The number of carbonyl (C=O) groups excluding carboxylic acids is 2. The Morgan fingerprint density at radius 3 is 2.41 bits per heavy atom. The first-order chi connectivity index (χ1) is 13.8. The number of halogens is 1. The number of nitrogens with zero attached hydrogens (tertiary/aromatic N) is 3. The number of hydrogen-bond acceptors (Lipinski definition) is 6. The molecule has 0 bridgehead atoms. The maximum atomic E-state index is 12.9. The monoisotopic (exact) mass is 439 g/mol. The minimum absolute atomic E-state index is 0.0488. The second kappa shape index (κ2) is 8.75. The number of carboxylic acids is 1. The Bertz CT molecular complexity index is 983. The first kappa shape index (κ1) is 21.0. The fraction of sp³-hybridized carbons (Fsp3) is 0.389. The third-order valence-electron chi connectivity index (χ3n) is 4.72. The molecule has 0 unspecified atom stereocenters. The number of carbonyl (C=O) groups is 3. The molecular weight excluding hydrogens is 422 g/mol. The summed E-state index contributed by atoms with van der Waals surface area (Å²) in [6, 6.07) is 4.29. The molecule has 3 rings (SSSR count). The number of amides is 2. The van der Waals surface area contributed by atoms with Crippen molar-refractivity contribution in [3.63, 3.8) is 0 Å². The van der Waals surface area contributed by atoms with E-state index in [2.05, 4.69) is 0 Å². The summed E-state index contributed by atoms with van der Waals surface area (Å²) in [4.78, 5) is 49.6. The smallest absolute Gasteiger partial charge is 0.303 e. The Kier molecular flexibility index (Phi) is 6.33. The minimum Gasteiger partial charge on any atom is -0.481 e. The van der Waals surface area contributed by atoms with Crippen molar-refractivity contribution >= 4 is 56.5 Å². The first-order valence-corrected chi connectivity index (χ1v) is 10.1. The predicted molar refractivity (Wildman–Crippen MR) is 107 cm³/mol. The van der Waals surface area contributed by atoms with Crippen molar-refractivity contribution in [2.45, 2.75) is 19.3 Å². The molecule has 1 N–H and O–H groups in total. The van der Waals surface area contributed by atoms with Gasteiger partial charge in [-0.15, -0.1) is 11.3 Å². The molecule has 1 aromatic carbocycles. The number of aliphatic carboxylic acids is 1. The highest BCUT2D eigenvalue weighted by atomic mass is 35.5. The van der Waals surface area contributed by atoms with Crippen LogP contribution in [0.25, 0.3) is 10.1 Å². The fourth-order valence-corrected chi connectivity index (χ4v) is 4.67. The van der Waals surface area contributed by atoms with Crippen molar-refractivity contribution < 1.29 is 24.4 Å². The van der Waals surface area contributed by atoms with Crippen molar-refractivity contribution in [1.29, 1.82) is 0 Å². The molecule has 154 valence electrons. The number of carboxylic acid groups (broad SMARTS) is 1. The fourth-order valence-electron chi connectivity index (χ4n) is 3.16. The molecule has 1 saturated heterocycles. The summed E-state index contributed by atoms with van der Waals surface area (Å²) in [5, 5.41) is 20.5. The van der Waals surface area contributed by atoms with Gasteiger partial charge in [0, 0.05) is 61.2 Å². The van der Waals surface area contributed by atoms with Crippen LogP contribution < -0.4 is 0 Å². The van der Waals surface area contributed by atoms with Gasteiger partial charge < -0.3 is 14.9 Å². The number of hydrogen-bond donors (Lipinski definition) is 1.